The number of imidazole rings is 1. The number of anilines is 2. The molecule has 0 saturated carbocycles. The number of methoxy groups -OCH3 is 1. The van der Waals surface area contributed by atoms with Gasteiger partial charge >= 0.3 is 6.09 Å². The highest BCUT2D eigenvalue weighted by molar-refractivity contribution is 6.12. The number of benzene rings is 3. The fourth-order valence-corrected chi connectivity index (χ4v) is 4.15. The van der Waals surface area contributed by atoms with Gasteiger partial charge in [0.05, 0.1) is 23.7 Å². The Morgan fingerprint density at radius 2 is 2.03 bits per heavy atom. The van der Waals surface area contributed by atoms with Gasteiger partial charge in [-0.2, -0.15) is 0 Å². The first kappa shape index (κ1) is 21.2. The molecule has 1 unspecified atom stereocenters. The first-order valence-electron chi connectivity index (χ1n) is 10.1. The Balaban J connectivity index is 1.69. The molecule has 5 rings (SSSR count). The van der Waals surface area contributed by atoms with E-state index in [0.29, 0.717) is 27.7 Å². The van der Waals surface area contributed by atoms with Crippen LogP contribution in [0, 0.1) is 18.2 Å². The van der Waals surface area contributed by atoms with E-state index in [1.54, 1.807) is 42.5 Å². The maximum absolute atomic E-state index is 14.1. The minimum Gasteiger partial charge on any atom is -0.453 e. The van der Waals surface area contributed by atoms with Gasteiger partial charge in [0.1, 0.15) is 5.82 Å². The number of terminal acetylenes is 1. The van der Waals surface area contributed by atoms with Crippen molar-refractivity contribution in [2.75, 3.05) is 17.3 Å². The molecule has 0 bridgehead atoms. The number of ether oxygens (including phenoxy) is 1. The van der Waals surface area contributed by atoms with Crippen LogP contribution in [0.4, 0.5) is 20.8 Å². The van der Waals surface area contributed by atoms with E-state index in [9.17, 15) is 19.1 Å². The molecule has 1 aliphatic rings. The summed E-state index contributed by atoms with van der Waals surface area (Å²) in [6.45, 7) is 0. The lowest BCUT2D eigenvalue weighted by molar-refractivity contribution is 0.0704. The topological polar surface area (TPSA) is 108 Å². The van der Waals surface area contributed by atoms with Gasteiger partial charge in [0.2, 0.25) is 5.95 Å². The number of amides is 2. The number of H-pyrrole nitrogens is 1. The van der Waals surface area contributed by atoms with E-state index in [-0.39, 0.29) is 17.2 Å². The average Bonchev–Trinajstić information content (AvgIpc) is 3.35. The molecule has 8 nitrogen and oxygen atoms in total. The lowest BCUT2D eigenvalue weighted by Crippen LogP contribution is -2.45. The van der Waals surface area contributed by atoms with Gasteiger partial charge in [-0.25, -0.2) is 14.2 Å². The van der Waals surface area contributed by atoms with Crippen LogP contribution < -0.4 is 10.2 Å². The summed E-state index contributed by atoms with van der Waals surface area (Å²) in [5, 5.41) is 14.6. The molecule has 1 aromatic heterocycles. The van der Waals surface area contributed by atoms with Gasteiger partial charge in [-0.05, 0) is 36.4 Å². The van der Waals surface area contributed by atoms with E-state index in [1.807, 2.05) is 0 Å². The van der Waals surface area contributed by atoms with E-state index in [2.05, 4.69) is 25.9 Å². The van der Waals surface area contributed by atoms with Crippen LogP contribution in [-0.4, -0.2) is 34.2 Å². The lowest BCUT2D eigenvalue weighted by Gasteiger charge is -2.35. The summed E-state index contributed by atoms with van der Waals surface area (Å²) in [6, 6.07) is 15.5. The number of nitrogens with zero attached hydrogens (tertiary/aromatic N) is 2. The summed E-state index contributed by atoms with van der Waals surface area (Å²) in [5.74, 6) is 1.34. The minimum absolute atomic E-state index is 0.0360. The molecule has 9 heteroatoms. The van der Waals surface area contributed by atoms with Crippen molar-refractivity contribution < 1.29 is 23.8 Å². The van der Waals surface area contributed by atoms with Crippen LogP contribution in [-0.2, 0) is 10.5 Å². The highest BCUT2D eigenvalue weighted by atomic mass is 19.1. The third-order valence-corrected chi connectivity index (χ3v) is 5.71. The Morgan fingerprint density at radius 1 is 1.24 bits per heavy atom. The largest absolute Gasteiger partial charge is 0.453 e. The molecule has 3 N–H and O–H groups in total. The molecule has 2 amide bonds. The minimum atomic E-state index is -1.92. The van der Waals surface area contributed by atoms with Gasteiger partial charge in [0, 0.05) is 22.4 Å². The van der Waals surface area contributed by atoms with E-state index in [4.69, 9.17) is 6.42 Å². The first-order chi connectivity index (χ1) is 16.4. The number of aromatic nitrogens is 2. The Morgan fingerprint density at radius 3 is 2.79 bits per heavy atom. The Bertz CT molecular complexity index is 1520. The number of carbonyl (C=O) groups is 2. The lowest BCUT2D eigenvalue weighted by atomic mass is 9.93. The smallest absolute Gasteiger partial charge is 0.413 e. The van der Waals surface area contributed by atoms with Crippen molar-refractivity contribution in [3.8, 4) is 12.3 Å². The Kier molecular flexibility index (Phi) is 4.81. The zero-order valence-corrected chi connectivity index (χ0v) is 17.8. The zero-order valence-electron chi connectivity index (χ0n) is 17.8. The maximum Gasteiger partial charge on any atom is 0.413 e. The molecule has 0 spiro atoms. The van der Waals surface area contributed by atoms with Crippen LogP contribution in [0.5, 0.6) is 0 Å². The summed E-state index contributed by atoms with van der Waals surface area (Å²) in [4.78, 5) is 33.3. The van der Waals surface area contributed by atoms with Gasteiger partial charge in [-0.3, -0.25) is 15.0 Å². The number of hydrogen-bond donors (Lipinski definition) is 3. The van der Waals surface area contributed by atoms with Crippen LogP contribution in [0.25, 0.3) is 11.0 Å². The molecule has 4 aromatic rings. The molecule has 1 atom stereocenters. The molecule has 2 heterocycles. The van der Waals surface area contributed by atoms with Gasteiger partial charge in [-0.1, -0.05) is 30.2 Å². The maximum atomic E-state index is 14.1. The van der Waals surface area contributed by atoms with Crippen molar-refractivity contribution in [1.82, 2.24) is 9.97 Å². The predicted octanol–water partition coefficient (Wildman–Crippen LogP) is 3.72. The van der Waals surface area contributed by atoms with E-state index in [0.717, 1.165) is 6.07 Å². The molecular formula is C25H17FN4O4. The second-order valence-electron chi connectivity index (χ2n) is 7.60. The van der Waals surface area contributed by atoms with E-state index in [1.165, 1.54) is 24.1 Å². The van der Waals surface area contributed by atoms with Crippen LogP contribution in [0.1, 0.15) is 27.0 Å². The summed E-state index contributed by atoms with van der Waals surface area (Å²) in [6.07, 6.45) is 4.72. The summed E-state index contributed by atoms with van der Waals surface area (Å²) < 4.78 is 18.6. The third-order valence-electron chi connectivity index (χ3n) is 5.71. The third kappa shape index (κ3) is 3.09. The molecular weight excluding hydrogens is 439 g/mol. The number of hydrogen-bond acceptors (Lipinski definition) is 5. The van der Waals surface area contributed by atoms with Crippen molar-refractivity contribution in [1.29, 1.82) is 0 Å². The molecule has 0 radical (unpaired) electrons. The fourth-order valence-electron chi connectivity index (χ4n) is 4.15. The number of halogens is 1. The van der Waals surface area contributed by atoms with Gasteiger partial charge < -0.3 is 14.8 Å². The number of carbonyl (C=O) groups excluding carboxylic acids is 2. The zero-order chi connectivity index (χ0) is 24.0. The Hall–Kier alpha value is -4.68. The number of rotatable bonds is 3. The highest BCUT2D eigenvalue weighted by Crippen LogP contribution is 2.45. The van der Waals surface area contributed by atoms with Crippen LogP contribution in [0.2, 0.25) is 0 Å². The first-order valence-corrected chi connectivity index (χ1v) is 10.1. The number of nitrogens with one attached hydrogen (secondary N) is 2. The highest BCUT2D eigenvalue weighted by Gasteiger charge is 2.50. The van der Waals surface area contributed by atoms with Gasteiger partial charge in [0.15, 0.2) is 5.72 Å². The molecule has 1 aliphatic heterocycles. The number of aliphatic hydroxyl groups is 1. The van der Waals surface area contributed by atoms with Crippen LogP contribution >= 0.6 is 0 Å². The van der Waals surface area contributed by atoms with Crippen LogP contribution in [0.3, 0.4) is 0 Å². The average molecular weight is 456 g/mol. The molecule has 0 aliphatic carbocycles. The van der Waals surface area contributed by atoms with Crippen LogP contribution in [0.15, 0.2) is 60.7 Å². The van der Waals surface area contributed by atoms with E-state index < -0.39 is 23.5 Å². The van der Waals surface area contributed by atoms with Gasteiger partial charge in [0.25, 0.3) is 5.91 Å². The van der Waals surface area contributed by atoms with Crippen molar-refractivity contribution in [2.45, 2.75) is 5.72 Å². The van der Waals surface area contributed by atoms with Crippen molar-refractivity contribution in [2.24, 2.45) is 0 Å². The quantitative estimate of drug-likeness (QED) is 0.408. The normalized spacial score (nSPS) is 16.9. The van der Waals surface area contributed by atoms with Crippen molar-refractivity contribution in [3.63, 3.8) is 0 Å². The molecule has 0 fully saturated rings. The SMILES string of the molecule is C#Cc1cc(N2C(=O)c3ccccc3C2(O)c2ccc3nc(NC(=O)OC)[nH]c3c2)ccc1F. The monoisotopic (exact) mass is 456 g/mol. The number of fused-ring (bicyclic) bond motifs is 2. The molecule has 168 valence electrons. The summed E-state index contributed by atoms with van der Waals surface area (Å²) in [5.41, 5.74) is 0.289. The second kappa shape index (κ2) is 7.72. The standard InChI is InChI=1S/C25H17FN4O4/c1-3-14-12-16(9-10-19(14)26)30-22(31)17-6-4-5-7-18(17)25(30,33)15-8-11-20-21(13-15)28-23(27-20)29-24(32)34-2/h1,4-13,33H,2H3,(H2,27,28,29,32). The van der Waals surface area contributed by atoms with E-state index >= 15 is 0 Å². The molecule has 3 aromatic carbocycles. The fraction of sp³-hybridized carbons (Fsp3) is 0.0800. The summed E-state index contributed by atoms with van der Waals surface area (Å²) >= 11 is 0. The second-order valence-corrected chi connectivity index (χ2v) is 7.60. The van der Waals surface area contributed by atoms with Crippen molar-refractivity contribution >= 4 is 34.7 Å². The predicted molar refractivity (Wildman–Crippen MR) is 123 cm³/mol. The van der Waals surface area contributed by atoms with Crippen molar-refractivity contribution in [3.05, 3.63) is 88.7 Å². The molecule has 34 heavy (non-hydrogen) atoms. The van der Waals surface area contributed by atoms with Gasteiger partial charge in [-0.15, -0.1) is 6.42 Å². The Labute approximate surface area is 193 Å². The number of aromatic amines is 1. The summed E-state index contributed by atoms with van der Waals surface area (Å²) in [7, 11) is 1.23. The molecule has 0 saturated heterocycles.